The molecule has 1 atom stereocenters. The summed E-state index contributed by atoms with van der Waals surface area (Å²) in [5.41, 5.74) is 9.46. The summed E-state index contributed by atoms with van der Waals surface area (Å²) < 4.78 is 7.21. The molecule has 0 radical (unpaired) electrons. The van der Waals surface area contributed by atoms with Crippen LogP contribution in [0.15, 0.2) is 53.6 Å². The Labute approximate surface area is 257 Å². The van der Waals surface area contributed by atoms with Crippen LogP contribution in [0.25, 0.3) is 11.1 Å². The van der Waals surface area contributed by atoms with E-state index in [2.05, 4.69) is 19.8 Å². The van der Waals surface area contributed by atoms with Gasteiger partial charge in [0.15, 0.2) is 16.7 Å². The highest BCUT2D eigenvalue weighted by Crippen LogP contribution is 2.26. The second-order valence-corrected chi connectivity index (χ2v) is 10.1. The Bertz CT molecular complexity index is 1460. The molecule has 0 spiro atoms. The smallest absolute Gasteiger partial charge is 0.358 e. The van der Waals surface area contributed by atoms with Gasteiger partial charge in [0.2, 0.25) is 0 Å². The third-order valence-corrected chi connectivity index (χ3v) is 6.92. The Balaban J connectivity index is 1.71. The Hall–Kier alpha value is -4.92. The van der Waals surface area contributed by atoms with E-state index < -0.39 is 28.9 Å². The molecule has 0 aliphatic carbocycles. The number of ether oxygens (including phenoxy) is 1. The topological polar surface area (TPSA) is 213 Å². The minimum Gasteiger partial charge on any atom is -0.461 e. The van der Waals surface area contributed by atoms with Crippen molar-refractivity contribution >= 4 is 23.4 Å². The summed E-state index contributed by atoms with van der Waals surface area (Å²) in [5.74, 6) is 5.60. The molecule has 0 saturated carbocycles. The van der Waals surface area contributed by atoms with Crippen molar-refractivity contribution in [2.24, 2.45) is 16.7 Å². The van der Waals surface area contributed by atoms with Crippen molar-refractivity contribution in [3.8, 4) is 11.1 Å². The fourth-order valence-electron chi connectivity index (χ4n) is 4.50. The quantitative estimate of drug-likeness (QED) is 0.0384. The average molecular weight is 632 g/mol. The Kier molecular flexibility index (Phi) is 12.7. The third-order valence-electron chi connectivity index (χ3n) is 6.65. The Morgan fingerprint density at radius 3 is 2.48 bits per heavy atom. The fraction of sp³-hybridized carbons (Fsp3) is 0.393. The molecule has 1 heterocycles. The van der Waals surface area contributed by atoms with Gasteiger partial charge in [0.05, 0.1) is 6.61 Å². The van der Waals surface area contributed by atoms with Crippen molar-refractivity contribution in [1.29, 1.82) is 0 Å². The number of aromatic nitrogens is 2. The van der Waals surface area contributed by atoms with E-state index in [-0.39, 0.29) is 29.7 Å². The maximum Gasteiger partial charge on any atom is 0.358 e. The number of hydrogen-bond acceptors (Lipinski definition) is 11. The Morgan fingerprint density at radius 2 is 1.82 bits per heavy atom. The molecule has 0 aliphatic heterocycles. The van der Waals surface area contributed by atoms with Gasteiger partial charge >= 0.3 is 5.97 Å². The molecule has 0 bridgehead atoms. The van der Waals surface area contributed by atoms with Gasteiger partial charge in [-0.3, -0.25) is 0 Å². The second kappa shape index (κ2) is 16.6. The first-order chi connectivity index (χ1) is 21.1. The summed E-state index contributed by atoms with van der Waals surface area (Å²) in [7, 11) is 0. The van der Waals surface area contributed by atoms with Gasteiger partial charge in [-0.25, -0.2) is 9.78 Å². The van der Waals surface area contributed by atoms with Crippen LogP contribution in [0.3, 0.4) is 0 Å². The minimum absolute atomic E-state index is 0.0186. The van der Waals surface area contributed by atoms with Crippen molar-refractivity contribution in [3.63, 3.8) is 0 Å². The Morgan fingerprint density at radius 1 is 1.09 bits per heavy atom. The second-order valence-electron chi connectivity index (χ2n) is 9.72. The van der Waals surface area contributed by atoms with Gasteiger partial charge in [-0.15, -0.1) is 20.2 Å². The van der Waals surface area contributed by atoms with E-state index in [0.717, 1.165) is 29.5 Å². The van der Waals surface area contributed by atoms with Crippen molar-refractivity contribution < 1.29 is 29.4 Å². The molecule has 1 unspecified atom stereocenters. The molecular weight excluding hydrogens is 598 g/mol. The maximum atomic E-state index is 13.1. The van der Waals surface area contributed by atoms with E-state index in [1.807, 2.05) is 55.5 Å². The summed E-state index contributed by atoms with van der Waals surface area (Å²) in [6, 6.07) is 15.2. The first kappa shape index (κ1) is 33.6. The lowest BCUT2D eigenvalue weighted by atomic mass is 9.98. The normalized spacial score (nSPS) is 12.0. The lowest BCUT2D eigenvalue weighted by molar-refractivity contribution is -0.790. The van der Waals surface area contributed by atoms with Crippen LogP contribution in [0.4, 0.5) is 0 Å². The van der Waals surface area contributed by atoms with E-state index in [9.17, 15) is 25.0 Å². The molecule has 0 fully saturated rings. The molecule has 2 aromatic carbocycles. The average Bonchev–Trinajstić information content (AvgIpc) is 3.32. The number of carbonyl (C=O) groups is 1. The van der Waals surface area contributed by atoms with Gasteiger partial charge in [-0.2, -0.15) is 5.10 Å². The van der Waals surface area contributed by atoms with Crippen molar-refractivity contribution in [1.82, 2.24) is 9.55 Å². The summed E-state index contributed by atoms with van der Waals surface area (Å²) in [6.45, 7) is 1.75. The number of esters is 1. The standard InChI is InChI=1S/C28H34ClN7O8/c1-2-3-11-24-32-26(29)25(28(37)42-16-7-6-8-21(44-36(40)41)18-43-35(38)39)34(24)17-19-12-14-20(15-13-19)22-9-4-5-10-23(22)27(30)33-31/h4-5,9-10,12-15,21H,2-3,6-8,11,16-18,31H2,1H3,(H2,30,33). The summed E-state index contributed by atoms with van der Waals surface area (Å²) in [5, 5.41) is 22.6. The number of nitrogens with zero attached hydrogens (tertiary/aromatic N) is 5. The molecule has 44 heavy (non-hydrogen) atoms. The zero-order valence-electron chi connectivity index (χ0n) is 24.1. The van der Waals surface area contributed by atoms with Gasteiger partial charge < -0.3 is 30.6 Å². The highest BCUT2D eigenvalue weighted by molar-refractivity contribution is 6.32. The number of rotatable bonds is 18. The van der Waals surface area contributed by atoms with E-state index in [1.54, 1.807) is 4.57 Å². The number of carbonyl (C=O) groups excluding carboxylic acids is 1. The third kappa shape index (κ3) is 9.55. The highest BCUT2D eigenvalue weighted by atomic mass is 35.5. The predicted octanol–water partition coefficient (Wildman–Crippen LogP) is 4.29. The van der Waals surface area contributed by atoms with Gasteiger partial charge in [0, 0.05) is 18.5 Å². The van der Waals surface area contributed by atoms with E-state index >= 15 is 0 Å². The van der Waals surface area contributed by atoms with Gasteiger partial charge in [-0.1, -0.05) is 73.5 Å². The monoisotopic (exact) mass is 631 g/mol. The van der Waals surface area contributed by atoms with Crippen molar-refractivity contribution in [2.45, 2.75) is 58.1 Å². The number of amidine groups is 1. The van der Waals surface area contributed by atoms with Gasteiger partial charge in [-0.05, 0) is 42.4 Å². The van der Waals surface area contributed by atoms with E-state index in [0.29, 0.717) is 37.2 Å². The summed E-state index contributed by atoms with van der Waals surface area (Å²) >= 11 is 6.43. The highest BCUT2D eigenvalue weighted by Gasteiger charge is 2.24. The minimum atomic E-state index is -1.13. The van der Waals surface area contributed by atoms with Crippen LogP contribution in [0.1, 0.15) is 66.5 Å². The van der Waals surface area contributed by atoms with Crippen LogP contribution < -0.4 is 11.6 Å². The van der Waals surface area contributed by atoms with Crippen LogP contribution >= 0.6 is 11.6 Å². The predicted molar refractivity (Wildman–Crippen MR) is 161 cm³/mol. The van der Waals surface area contributed by atoms with Gasteiger partial charge in [0.25, 0.3) is 10.2 Å². The number of unbranched alkanes of at least 4 members (excludes halogenated alkanes) is 2. The maximum absolute atomic E-state index is 13.1. The number of aryl methyl sites for hydroxylation is 1. The molecule has 0 amide bonds. The molecular formula is C28H34ClN7O8. The molecule has 16 heteroatoms. The van der Waals surface area contributed by atoms with Crippen LogP contribution in [-0.4, -0.2) is 50.8 Å². The van der Waals surface area contributed by atoms with E-state index in [1.165, 1.54) is 0 Å². The van der Waals surface area contributed by atoms with Crippen LogP contribution in [0.5, 0.6) is 0 Å². The van der Waals surface area contributed by atoms with Crippen molar-refractivity contribution in [3.05, 3.63) is 96.6 Å². The van der Waals surface area contributed by atoms with Crippen LogP contribution in [-0.2, 0) is 27.4 Å². The van der Waals surface area contributed by atoms with E-state index in [4.69, 9.17) is 27.9 Å². The summed E-state index contributed by atoms with van der Waals surface area (Å²) in [4.78, 5) is 47.2. The van der Waals surface area contributed by atoms with Gasteiger partial charge in [0.1, 0.15) is 18.5 Å². The molecule has 3 aromatic rings. The lowest BCUT2D eigenvalue weighted by Gasteiger charge is -2.14. The number of imidazole rings is 1. The fourth-order valence-corrected chi connectivity index (χ4v) is 4.77. The number of hydrogen-bond donors (Lipinski definition) is 2. The largest absolute Gasteiger partial charge is 0.461 e. The molecule has 1 aromatic heterocycles. The zero-order valence-corrected chi connectivity index (χ0v) is 24.9. The zero-order chi connectivity index (χ0) is 32.1. The summed E-state index contributed by atoms with van der Waals surface area (Å²) in [6.07, 6.45) is 1.96. The molecule has 3 rings (SSSR count). The SMILES string of the molecule is CCCCc1nc(Cl)c(C(=O)OCCCCC(CO[N+](=O)[O-])O[N+](=O)[O-])n1Cc1ccc(-c2ccccc2/C(N)=N/N)cc1. The number of hydrazone groups is 1. The first-order valence-corrected chi connectivity index (χ1v) is 14.2. The molecule has 0 saturated heterocycles. The molecule has 236 valence electrons. The molecule has 15 nitrogen and oxygen atoms in total. The van der Waals surface area contributed by atoms with Crippen LogP contribution in [0, 0.1) is 20.2 Å². The number of benzene rings is 2. The number of halogens is 1. The van der Waals surface area contributed by atoms with Crippen LogP contribution in [0.2, 0.25) is 5.15 Å². The number of nitrogens with two attached hydrogens (primary N) is 2. The van der Waals surface area contributed by atoms with Crippen molar-refractivity contribution in [2.75, 3.05) is 13.2 Å². The lowest BCUT2D eigenvalue weighted by Crippen LogP contribution is -2.24. The molecule has 4 N–H and O–H groups in total. The molecule has 0 aliphatic rings. The first-order valence-electron chi connectivity index (χ1n) is 13.9.